The van der Waals surface area contributed by atoms with Gasteiger partial charge in [0.1, 0.15) is 12.1 Å². The quantitative estimate of drug-likeness (QED) is 0.754. The lowest BCUT2D eigenvalue weighted by Crippen LogP contribution is -2.08. The summed E-state index contributed by atoms with van der Waals surface area (Å²) in [7, 11) is 0. The minimum atomic E-state index is -0.0599. The standard InChI is InChI=1S/C19H20N4O/c1-13-4-3-5-17-18(13)21-12-22-19(17)20-11-10-15-6-8-16(9-7-15)23-14(2)24/h3-9,12H,10-11H2,1-2H3,(H,23,24)(H,20,21,22). The molecule has 1 aromatic heterocycles. The second kappa shape index (κ2) is 7.08. The maximum Gasteiger partial charge on any atom is 0.221 e. The molecule has 5 heteroatoms. The van der Waals surface area contributed by atoms with Crippen molar-refractivity contribution in [1.29, 1.82) is 0 Å². The zero-order valence-electron chi connectivity index (χ0n) is 13.8. The number of nitrogens with one attached hydrogen (secondary N) is 2. The van der Waals surface area contributed by atoms with Crippen molar-refractivity contribution < 1.29 is 4.79 Å². The summed E-state index contributed by atoms with van der Waals surface area (Å²) >= 11 is 0. The maximum absolute atomic E-state index is 11.0. The number of rotatable bonds is 5. The summed E-state index contributed by atoms with van der Waals surface area (Å²) in [6.45, 7) is 4.33. The van der Waals surface area contributed by atoms with Gasteiger partial charge in [0, 0.05) is 24.5 Å². The lowest BCUT2D eigenvalue weighted by molar-refractivity contribution is -0.114. The van der Waals surface area contributed by atoms with E-state index < -0.39 is 0 Å². The van der Waals surface area contributed by atoms with E-state index in [1.54, 1.807) is 6.33 Å². The number of para-hydroxylation sites is 1. The Kier molecular flexibility index (Phi) is 4.70. The van der Waals surface area contributed by atoms with Gasteiger partial charge in [-0.05, 0) is 42.7 Å². The highest BCUT2D eigenvalue weighted by Gasteiger charge is 2.05. The molecule has 0 aliphatic rings. The molecule has 3 rings (SSSR count). The smallest absolute Gasteiger partial charge is 0.221 e. The Bertz CT molecular complexity index is 859. The predicted octanol–water partition coefficient (Wildman–Crippen LogP) is 3.55. The third-order valence-corrected chi connectivity index (χ3v) is 3.85. The number of hydrogen-bond acceptors (Lipinski definition) is 4. The summed E-state index contributed by atoms with van der Waals surface area (Å²) in [5.74, 6) is 0.800. The molecule has 0 atom stereocenters. The number of aryl methyl sites for hydroxylation is 1. The lowest BCUT2D eigenvalue weighted by atomic mass is 10.1. The number of carbonyl (C=O) groups is 1. The van der Waals surface area contributed by atoms with Crippen LogP contribution in [-0.4, -0.2) is 22.4 Å². The number of hydrogen-bond donors (Lipinski definition) is 2. The van der Waals surface area contributed by atoms with E-state index in [0.717, 1.165) is 40.9 Å². The molecule has 0 aliphatic heterocycles. The van der Waals surface area contributed by atoms with Gasteiger partial charge in [0.2, 0.25) is 5.91 Å². The van der Waals surface area contributed by atoms with E-state index in [-0.39, 0.29) is 5.91 Å². The van der Waals surface area contributed by atoms with Gasteiger partial charge in [-0.2, -0.15) is 0 Å². The summed E-state index contributed by atoms with van der Waals surface area (Å²) in [4.78, 5) is 19.7. The first-order valence-electron chi connectivity index (χ1n) is 7.94. The molecular weight excluding hydrogens is 300 g/mol. The Morgan fingerprint density at radius 1 is 1.08 bits per heavy atom. The van der Waals surface area contributed by atoms with Crippen LogP contribution in [0, 0.1) is 6.92 Å². The molecule has 3 aromatic rings. The van der Waals surface area contributed by atoms with E-state index in [1.807, 2.05) is 36.4 Å². The number of aromatic nitrogens is 2. The lowest BCUT2D eigenvalue weighted by Gasteiger charge is -2.10. The van der Waals surface area contributed by atoms with Gasteiger partial charge in [-0.1, -0.05) is 24.3 Å². The highest BCUT2D eigenvalue weighted by molar-refractivity contribution is 5.90. The second-order valence-electron chi connectivity index (χ2n) is 5.75. The molecule has 0 aliphatic carbocycles. The molecule has 0 bridgehead atoms. The monoisotopic (exact) mass is 320 g/mol. The van der Waals surface area contributed by atoms with Crippen molar-refractivity contribution in [2.24, 2.45) is 0 Å². The zero-order valence-corrected chi connectivity index (χ0v) is 13.8. The first-order chi connectivity index (χ1) is 11.6. The molecule has 24 heavy (non-hydrogen) atoms. The molecule has 0 spiro atoms. The Labute approximate surface area is 141 Å². The van der Waals surface area contributed by atoms with Crippen molar-refractivity contribution in [3.63, 3.8) is 0 Å². The van der Waals surface area contributed by atoms with Crippen LogP contribution in [0.3, 0.4) is 0 Å². The van der Waals surface area contributed by atoms with Crippen LogP contribution in [0.5, 0.6) is 0 Å². The third-order valence-electron chi connectivity index (χ3n) is 3.85. The predicted molar refractivity (Wildman–Crippen MR) is 97.2 cm³/mol. The molecule has 1 amide bonds. The van der Waals surface area contributed by atoms with E-state index in [0.29, 0.717) is 0 Å². The number of benzene rings is 2. The van der Waals surface area contributed by atoms with E-state index in [1.165, 1.54) is 12.5 Å². The van der Waals surface area contributed by atoms with Crippen LogP contribution in [0.4, 0.5) is 11.5 Å². The van der Waals surface area contributed by atoms with E-state index in [4.69, 9.17) is 0 Å². The van der Waals surface area contributed by atoms with Crippen LogP contribution >= 0.6 is 0 Å². The summed E-state index contributed by atoms with van der Waals surface area (Å²) in [5, 5.41) is 7.20. The Balaban J connectivity index is 1.64. The van der Waals surface area contributed by atoms with Gasteiger partial charge in [0.05, 0.1) is 5.52 Å². The molecule has 2 N–H and O–H groups in total. The minimum absolute atomic E-state index is 0.0599. The largest absolute Gasteiger partial charge is 0.369 e. The SMILES string of the molecule is CC(=O)Nc1ccc(CCNc2ncnc3c(C)cccc23)cc1. The van der Waals surface area contributed by atoms with Gasteiger partial charge >= 0.3 is 0 Å². The fourth-order valence-corrected chi connectivity index (χ4v) is 2.66. The van der Waals surface area contributed by atoms with Crippen molar-refractivity contribution in [3.8, 4) is 0 Å². The van der Waals surface area contributed by atoms with Crippen molar-refractivity contribution in [1.82, 2.24) is 9.97 Å². The van der Waals surface area contributed by atoms with E-state index in [9.17, 15) is 4.79 Å². The first-order valence-corrected chi connectivity index (χ1v) is 7.94. The number of anilines is 2. The Morgan fingerprint density at radius 2 is 1.88 bits per heavy atom. The summed E-state index contributed by atoms with van der Waals surface area (Å²) < 4.78 is 0. The van der Waals surface area contributed by atoms with Gasteiger partial charge in [-0.25, -0.2) is 9.97 Å². The fraction of sp³-hybridized carbons (Fsp3) is 0.211. The van der Waals surface area contributed by atoms with Gasteiger partial charge < -0.3 is 10.6 Å². The van der Waals surface area contributed by atoms with E-state index >= 15 is 0 Å². The van der Waals surface area contributed by atoms with Crippen LogP contribution in [-0.2, 0) is 11.2 Å². The number of amides is 1. The van der Waals surface area contributed by atoms with Crippen molar-refractivity contribution in [2.45, 2.75) is 20.3 Å². The van der Waals surface area contributed by atoms with Gasteiger partial charge in [0.25, 0.3) is 0 Å². The molecule has 0 saturated carbocycles. The van der Waals surface area contributed by atoms with Crippen LogP contribution in [0.25, 0.3) is 10.9 Å². The zero-order chi connectivity index (χ0) is 16.9. The van der Waals surface area contributed by atoms with Crippen LogP contribution in [0.15, 0.2) is 48.8 Å². The molecule has 0 saturated heterocycles. The van der Waals surface area contributed by atoms with Crippen LogP contribution in [0.1, 0.15) is 18.1 Å². The maximum atomic E-state index is 11.0. The summed E-state index contributed by atoms with van der Waals surface area (Å²) in [6.07, 6.45) is 2.47. The first kappa shape index (κ1) is 15.9. The molecule has 1 heterocycles. The van der Waals surface area contributed by atoms with Gasteiger partial charge in [-0.3, -0.25) is 4.79 Å². The van der Waals surface area contributed by atoms with Crippen molar-refractivity contribution in [2.75, 3.05) is 17.2 Å². The molecule has 122 valence electrons. The van der Waals surface area contributed by atoms with Crippen molar-refractivity contribution >= 4 is 28.3 Å². The normalized spacial score (nSPS) is 10.6. The summed E-state index contributed by atoms with van der Waals surface area (Å²) in [6, 6.07) is 14.0. The number of carbonyl (C=O) groups excluding carboxylic acids is 1. The average Bonchev–Trinajstić information content (AvgIpc) is 2.57. The number of nitrogens with zero attached hydrogens (tertiary/aromatic N) is 2. The summed E-state index contributed by atoms with van der Waals surface area (Å²) in [5.41, 5.74) is 4.14. The van der Waals surface area contributed by atoms with Crippen molar-refractivity contribution in [3.05, 3.63) is 59.9 Å². The van der Waals surface area contributed by atoms with Crippen LogP contribution in [0.2, 0.25) is 0 Å². The fourth-order valence-electron chi connectivity index (χ4n) is 2.66. The van der Waals surface area contributed by atoms with Gasteiger partial charge in [0.15, 0.2) is 0 Å². The molecular formula is C19H20N4O. The van der Waals surface area contributed by atoms with Crippen LogP contribution < -0.4 is 10.6 Å². The van der Waals surface area contributed by atoms with Gasteiger partial charge in [-0.15, -0.1) is 0 Å². The molecule has 5 nitrogen and oxygen atoms in total. The highest BCUT2D eigenvalue weighted by Crippen LogP contribution is 2.21. The Hall–Kier alpha value is -2.95. The topological polar surface area (TPSA) is 66.9 Å². The number of fused-ring (bicyclic) bond motifs is 1. The average molecular weight is 320 g/mol. The van der Waals surface area contributed by atoms with E-state index in [2.05, 4.69) is 33.6 Å². The highest BCUT2D eigenvalue weighted by atomic mass is 16.1. The molecule has 0 unspecified atom stereocenters. The molecule has 0 fully saturated rings. The minimum Gasteiger partial charge on any atom is -0.369 e. The Morgan fingerprint density at radius 3 is 2.62 bits per heavy atom. The molecule has 2 aromatic carbocycles. The molecule has 0 radical (unpaired) electrons. The third kappa shape index (κ3) is 3.68. The second-order valence-corrected chi connectivity index (χ2v) is 5.75.